The molecule has 0 aliphatic carbocycles. The van der Waals surface area contributed by atoms with Crippen molar-refractivity contribution in [1.29, 1.82) is 0 Å². The fourth-order valence-corrected chi connectivity index (χ4v) is 2.49. The molecule has 2 aromatic rings. The zero-order valence-electron chi connectivity index (χ0n) is 11.7. The second kappa shape index (κ2) is 5.73. The van der Waals surface area contributed by atoms with Gasteiger partial charge < -0.3 is 10.4 Å². The summed E-state index contributed by atoms with van der Waals surface area (Å²) in [6.07, 6.45) is 0. The highest BCUT2D eigenvalue weighted by atomic mass is 35.5. The van der Waals surface area contributed by atoms with Crippen molar-refractivity contribution in [2.24, 2.45) is 0 Å². The fourth-order valence-electron chi connectivity index (χ4n) is 2.31. The number of nitrogens with zero attached hydrogens (tertiary/aromatic N) is 1. The quantitative estimate of drug-likeness (QED) is 0.667. The first-order valence-electron chi connectivity index (χ1n) is 6.71. The zero-order chi connectivity index (χ0) is 16.6. The molecule has 0 spiro atoms. The van der Waals surface area contributed by atoms with Crippen molar-refractivity contribution >= 4 is 35.0 Å². The molecule has 6 nitrogen and oxygen atoms in total. The second-order valence-corrected chi connectivity index (χ2v) is 5.36. The lowest BCUT2D eigenvalue weighted by Crippen LogP contribution is -2.37. The second-order valence-electron chi connectivity index (χ2n) is 4.96. The van der Waals surface area contributed by atoms with Crippen LogP contribution in [0.3, 0.4) is 0 Å². The molecule has 0 saturated heterocycles. The van der Waals surface area contributed by atoms with Gasteiger partial charge in [0.15, 0.2) is 0 Å². The maximum absolute atomic E-state index is 12.2. The molecule has 3 rings (SSSR count). The third-order valence-electron chi connectivity index (χ3n) is 3.41. The number of amides is 3. The summed E-state index contributed by atoms with van der Waals surface area (Å²) in [6.45, 7) is -0.398. The number of rotatable bonds is 3. The molecule has 3 amide bonds. The summed E-state index contributed by atoms with van der Waals surface area (Å²) in [7, 11) is 0. The predicted octanol–water partition coefficient (Wildman–Crippen LogP) is 2.28. The van der Waals surface area contributed by atoms with Crippen LogP contribution in [0.2, 0.25) is 5.02 Å². The lowest BCUT2D eigenvalue weighted by atomic mass is 10.1. The standard InChI is InChI=1S/C16H11ClN2O4/c17-12-7-9(5-6-13(12)20)18-14(21)8-19-15(22)10-3-1-2-4-11(10)16(19)23/h1-7,20H,8H2,(H,18,21). The normalized spacial score (nSPS) is 13.2. The predicted molar refractivity (Wildman–Crippen MR) is 83.6 cm³/mol. The number of aromatic hydroxyl groups is 1. The van der Waals surface area contributed by atoms with Gasteiger partial charge in [-0.25, -0.2) is 0 Å². The Hall–Kier alpha value is -2.86. The molecular formula is C16H11ClN2O4. The van der Waals surface area contributed by atoms with Crippen molar-refractivity contribution in [2.45, 2.75) is 0 Å². The monoisotopic (exact) mass is 330 g/mol. The van der Waals surface area contributed by atoms with Crippen molar-refractivity contribution in [1.82, 2.24) is 4.90 Å². The summed E-state index contributed by atoms with van der Waals surface area (Å²) in [4.78, 5) is 37.3. The van der Waals surface area contributed by atoms with Crippen LogP contribution in [0.1, 0.15) is 20.7 Å². The minimum absolute atomic E-state index is 0.0866. The number of hydrogen-bond donors (Lipinski definition) is 2. The number of nitrogens with one attached hydrogen (secondary N) is 1. The summed E-state index contributed by atoms with van der Waals surface area (Å²) in [5, 5.41) is 11.9. The number of anilines is 1. The van der Waals surface area contributed by atoms with Gasteiger partial charge in [-0.1, -0.05) is 23.7 Å². The highest BCUT2D eigenvalue weighted by Crippen LogP contribution is 2.26. The molecule has 1 aliphatic heterocycles. The van der Waals surface area contributed by atoms with E-state index >= 15 is 0 Å². The Balaban J connectivity index is 1.73. The van der Waals surface area contributed by atoms with Crippen LogP contribution in [-0.4, -0.2) is 34.3 Å². The molecule has 0 saturated carbocycles. The van der Waals surface area contributed by atoms with E-state index in [4.69, 9.17) is 11.6 Å². The largest absolute Gasteiger partial charge is 0.506 e. The minimum atomic E-state index is -0.540. The molecule has 0 aromatic heterocycles. The van der Waals surface area contributed by atoms with E-state index in [1.165, 1.54) is 18.2 Å². The molecule has 0 unspecified atom stereocenters. The van der Waals surface area contributed by atoms with Crippen molar-refractivity contribution in [3.8, 4) is 5.75 Å². The Morgan fingerprint density at radius 3 is 2.26 bits per heavy atom. The summed E-state index contributed by atoms with van der Waals surface area (Å²) in [5.74, 6) is -1.64. The fraction of sp³-hybridized carbons (Fsp3) is 0.0625. The van der Waals surface area contributed by atoms with Gasteiger partial charge in [0.1, 0.15) is 12.3 Å². The molecule has 1 aliphatic rings. The average Bonchev–Trinajstić information content (AvgIpc) is 2.76. The van der Waals surface area contributed by atoms with E-state index in [-0.39, 0.29) is 21.9 Å². The molecule has 23 heavy (non-hydrogen) atoms. The lowest BCUT2D eigenvalue weighted by molar-refractivity contribution is -0.116. The van der Waals surface area contributed by atoms with Crippen LogP contribution < -0.4 is 5.32 Å². The van der Waals surface area contributed by atoms with Crippen LogP contribution in [0.25, 0.3) is 0 Å². The molecule has 1 heterocycles. The van der Waals surface area contributed by atoms with Gasteiger partial charge in [0.05, 0.1) is 16.1 Å². The third-order valence-corrected chi connectivity index (χ3v) is 3.71. The number of carbonyl (C=O) groups excluding carboxylic acids is 3. The smallest absolute Gasteiger partial charge is 0.262 e. The van der Waals surface area contributed by atoms with E-state index < -0.39 is 24.3 Å². The average molecular weight is 331 g/mol. The molecule has 0 radical (unpaired) electrons. The number of benzene rings is 2. The van der Waals surface area contributed by atoms with E-state index in [0.717, 1.165) is 4.90 Å². The molecule has 0 atom stereocenters. The number of fused-ring (bicyclic) bond motifs is 1. The SMILES string of the molecule is O=C(CN1C(=O)c2ccccc2C1=O)Nc1ccc(O)c(Cl)c1. The van der Waals surface area contributed by atoms with Crippen LogP contribution in [0.4, 0.5) is 5.69 Å². The summed E-state index contributed by atoms with van der Waals surface area (Å²) in [6, 6.07) is 10.6. The maximum Gasteiger partial charge on any atom is 0.262 e. The molecule has 2 N–H and O–H groups in total. The number of phenolic OH excluding ortho intramolecular Hbond substituents is 1. The van der Waals surface area contributed by atoms with Crippen LogP contribution in [0.15, 0.2) is 42.5 Å². The first-order chi connectivity index (χ1) is 11.0. The number of imide groups is 1. The van der Waals surface area contributed by atoms with E-state index in [1.807, 2.05) is 0 Å². The summed E-state index contributed by atoms with van der Waals surface area (Å²) in [5.41, 5.74) is 0.936. The van der Waals surface area contributed by atoms with Crippen LogP contribution in [-0.2, 0) is 4.79 Å². The van der Waals surface area contributed by atoms with Crippen LogP contribution in [0.5, 0.6) is 5.75 Å². The number of phenols is 1. The van der Waals surface area contributed by atoms with Gasteiger partial charge >= 0.3 is 0 Å². The molecule has 116 valence electrons. The first kappa shape index (κ1) is 15.1. The minimum Gasteiger partial charge on any atom is -0.506 e. The van der Waals surface area contributed by atoms with Crippen molar-refractivity contribution in [3.63, 3.8) is 0 Å². The molecule has 0 fully saturated rings. The van der Waals surface area contributed by atoms with Gasteiger partial charge in [0.25, 0.3) is 11.8 Å². The van der Waals surface area contributed by atoms with Crippen molar-refractivity contribution in [3.05, 3.63) is 58.6 Å². The summed E-state index contributed by atoms with van der Waals surface area (Å²) < 4.78 is 0. The molecule has 2 aromatic carbocycles. The van der Waals surface area contributed by atoms with E-state index in [0.29, 0.717) is 5.69 Å². The number of hydrogen-bond acceptors (Lipinski definition) is 4. The van der Waals surface area contributed by atoms with Crippen molar-refractivity contribution < 1.29 is 19.5 Å². The molecule has 7 heteroatoms. The van der Waals surface area contributed by atoms with E-state index in [2.05, 4.69) is 5.32 Å². The Labute approximate surface area is 136 Å². The Kier molecular flexibility index (Phi) is 3.75. The van der Waals surface area contributed by atoms with Gasteiger partial charge in [0, 0.05) is 5.69 Å². The van der Waals surface area contributed by atoms with E-state index in [1.54, 1.807) is 24.3 Å². The highest BCUT2D eigenvalue weighted by Gasteiger charge is 2.36. The van der Waals surface area contributed by atoms with Crippen LogP contribution in [0, 0.1) is 0 Å². The molecule has 0 bridgehead atoms. The molecular weight excluding hydrogens is 320 g/mol. The maximum atomic E-state index is 12.2. The first-order valence-corrected chi connectivity index (χ1v) is 7.09. The Bertz CT molecular complexity index is 800. The van der Waals surface area contributed by atoms with Gasteiger partial charge in [-0.15, -0.1) is 0 Å². The Morgan fingerprint density at radius 1 is 1.09 bits per heavy atom. The topological polar surface area (TPSA) is 86.7 Å². The number of carbonyl (C=O) groups is 3. The third kappa shape index (κ3) is 2.76. The van der Waals surface area contributed by atoms with Gasteiger partial charge in [-0.2, -0.15) is 0 Å². The zero-order valence-corrected chi connectivity index (χ0v) is 12.5. The van der Waals surface area contributed by atoms with Gasteiger partial charge in [0.2, 0.25) is 5.91 Å². The van der Waals surface area contributed by atoms with Crippen LogP contribution >= 0.6 is 11.6 Å². The lowest BCUT2D eigenvalue weighted by Gasteiger charge is -2.13. The Morgan fingerprint density at radius 2 is 1.70 bits per heavy atom. The summed E-state index contributed by atoms with van der Waals surface area (Å²) >= 11 is 5.75. The van der Waals surface area contributed by atoms with E-state index in [9.17, 15) is 19.5 Å². The highest BCUT2D eigenvalue weighted by molar-refractivity contribution is 6.32. The number of halogens is 1. The van der Waals surface area contributed by atoms with Crippen molar-refractivity contribution in [2.75, 3.05) is 11.9 Å². The van der Waals surface area contributed by atoms with Gasteiger partial charge in [-0.05, 0) is 30.3 Å². The van der Waals surface area contributed by atoms with Gasteiger partial charge in [-0.3, -0.25) is 19.3 Å².